The molecular weight excluding hydrogens is 659 g/mol. The summed E-state index contributed by atoms with van der Waals surface area (Å²) >= 11 is 2.22. The number of ether oxygens (including phenoxy) is 1. The van der Waals surface area contributed by atoms with Gasteiger partial charge in [0, 0.05) is 37.1 Å². The quantitative estimate of drug-likeness (QED) is 0.265. The van der Waals surface area contributed by atoms with Gasteiger partial charge >= 0.3 is 0 Å². The summed E-state index contributed by atoms with van der Waals surface area (Å²) < 4.78 is 10.0. The maximum atomic E-state index is 13.3. The molecule has 12 nitrogen and oxygen atoms in total. The van der Waals surface area contributed by atoms with Crippen molar-refractivity contribution in [3.05, 3.63) is 63.4 Å². The first-order valence-corrected chi connectivity index (χ1v) is 15.7. The molecule has 1 atom stereocenters. The number of carbonyl (C=O) groups is 1. The van der Waals surface area contributed by atoms with Crippen molar-refractivity contribution < 1.29 is 9.53 Å². The number of benzene rings is 1. The molecule has 0 radical (unpaired) electrons. The number of nitrogens with one attached hydrogen (secondary N) is 2. The zero-order chi connectivity index (χ0) is 30.3. The highest BCUT2D eigenvalue weighted by molar-refractivity contribution is 14.1. The predicted molar refractivity (Wildman–Crippen MR) is 171 cm³/mol. The third-order valence-electron chi connectivity index (χ3n) is 7.87. The summed E-state index contributed by atoms with van der Waals surface area (Å²) in [6.45, 7) is 13.3. The summed E-state index contributed by atoms with van der Waals surface area (Å²) in [6, 6.07) is 8.77. The molecule has 43 heavy (non-hydrogen) atoms. The smallest absolute Gasteiger partial charge is 0.273 e. The van der Waals surface area contributed by atoms with Crippen molar-refractivity contribution in [1.82, 2.24) is 45.0 Å². The molecule has 1 fully saturated rings. The minimum Gasteiger partial charge on any atom is -0.378 e. The van der Waals surface area contributed by atoms with Crippen molar-refractivity contribution in [2.75, 3.05) is 25.1 Å². The number of carbonyl (C=O) groups excluding carboxylic acids is 1. The van der Waals surface area contributed by atoms with Crippen molar-refractivity contribution >= 4 is 40.1 Å². The van der Waals surface area contributed by atoms with Crippen LogP contribution in [0.25, 0.3) is 11.3 Å². The van der Waals surface area contributed by atoms with E-state index in [2.05, 4.69) is 90.6 Å². The van der Waals surface area contributed by atoms with E-state index in [1.165, 1.54) is 0 Å². The summed E-state index contributed by atoms with van der Waals surface area (Å²) in [6.07, 6.45) is 6.24. The SMILES string of the molecule is CC(C)n1cc(Nc2nccc(-c3ccc4c(c3)CN(C3COC3)CCC4NC(=O)c3cn(C(C)(C)C)nn3)n2)c(I)n1. The molecule has 1 saturated heterocycles. The zero-order valence-electron chi connectivity index (χ0n) is 25.1. The number of amides is 1. The van der Waals surface area contributed by atoms with Gasteiger partial charge in [-0.3, -0.25) is 14.4 Å². The summed E-state index contributed by atoms with van der Waals surface area (Å²) in [4.78, 5) is 25.0. The highest BCUT2D eigenvalue weighted by Crippen LogP contribution is 2.33. The minimum atomic E-state index is -0.257. The van der Waals surface area contributed by atoms with E-state index in [4.69, 9.17) is 9.72 Å². The number of fused-ring (bicyclic) bond motifs is 1. The van der Waals surface area contributed by atoms with Crippen LogP contribution < -0.4 is 10.6 Å². The van der Waals surface area contributed by atoms with Crippen molar-refractivity contribution in [1.29, 1.82) is 0 Å². The van der Waals surface area contributed by atoms with Gasteiger partial charge in [0.15, 0.2) is 5.69 Å². The molecule has 1 unspecified atom stereocenters. The van der Waals surface area contributed by atoms with Crippen LogP contribution in [0.4, 0.5) is 11.6 Å². The molecule has 5 heterocycles. The molecule has 4 aromatic rings. The number of halogens is 1. The van der Waals surface area contributed by atoms with Crippen LogP contribution in [0.15, 0.2) is 42.9 Å². The first kappa shape index (κ1) is 29.6. The second kappa shape index (κ2) is 11.9. The average Bonchev–Trinajstić information content (AvgIpc) is 3.54. The molecule has 2 aliphatic heterocycles. The van der Waals surface area contributed by atoms with E-state index in [9.17, 15) is 4.79 Å². The van der Waals surface area contributed by atoms with Gasteiger partial charge in [-0.05, 0) is 86.9 Å². The third kappa shape index (κ3) is 6.43. The number of hydrogen-bond acceptors (Lipinski definition) is 9. The van der Waals surface area contributed by atoms with Gasteiger partial charge in [0.05, 0.1) is 48.4 Å². The molecule has 1 aromatic carbocycles. The van der Waals surface area contributed by atoms with E-state index in [1.54, 1.807) is 17.1 Å². The van der Waals surface area contributed by atoms with Crippen LogP contribution in [-0.4, -0.2) is 71.3 Å². The molecule has 0 saturated carbocycles. The van der Waals surface area contributed by atoms with Gasteiger partial charge in [-0.1, -0.05) is 17.3 Å². The Kier molecular flexibility index (Phi) is 8.22. The lowest BCUT2D eigenvalue weighted by atomic mass is 9.96. The zero-order valence-corrected chi connectivity index (χ0v) is 27.2. The second-order valence-electron chi connectivity index (χ2n) is 12.4. The fourth-order valence-electron chi connectivity index (χ4n) is 5.23. The lowest BCUT2D eigenvalue weighted by molar-refractivity contribution is -0.0678. The standard InChI is InChI=1S/C30H37IN10O2/c1-18(2)40-14-25(27(31)37-40)35-29-32-10-8-23(34-29)19-6-7-22-20(12-19)13-39(21-16-43-17-21)11-9-24(22)33-28(42)26-15-41(38-36-26)30(3,4)5/h6-8,10,12,14-15,18,21,24H,9,11,13,16-17H2,1-5H3,(H,33,42)(H,32,34,35). The lowest BCUT2D eigenvalue weighted by Gasteiger charge is -2.36. The van der Waals surface area contributed by atoms with Gasteiger partial charge in [-0.2, -0.15) is 5.10 Å². The third-order valence-corrected chi connectivity index (χ3v) is 8.66. The normalized spacial score (nSPS) is 17.8. The molecule has 2 aliphatic rings. The van der Waals surface area contributed by atoms with E-state index in [1.807, 2.05) is 37.7 Å². The minimum absolute atomic E-state index is 0.162. The molecule has 0 aliphatic carbocycles. The molecule has 13 heteroatoms. The fraction of sp³-hybridized carbons (Fsp3) is 0.467. The van der Waals surface area contributed by atoms with E-state index in [-0.39, 0.29) is 23.5 Å². The van der Waals surface area contributed by atoms with Crippen molar-refractivity contribution in [2.24, 2.45) is 0 Å². The van der Waals surface area contributed by atoms with Gasteiger partial charge in [0.2, 0.25) is 5.95 Å². The fourth-order valence-corrected chi connectivity index (χ4v) is 5.76. The van der Waals surface area contributed by atoms with Crippen LogP contribution in [0.1, 0.15) is 74.7 Å². The summed E-state index contributed by atoms with van der Waals surface area (Å²) in [5, 5.41) is 19.5. The molecular formula is C30H37IN10O2. The Morgan fingerprint density at radius 1 is 1.16 bits per heavy atom. The molecule has 0 spiro atoms. The maximum Gasteiger partial charge on any atom is 0.273 e. The highest BCUT2D eigenvalue weighted by Gasteiger charge is 2.32. The Morgan fingerprint density at radius 2 is 1.98 bits per heavy atom. The molecule has 3 aromatic heterocycles. The Balaban J connectivity index is 1.27. The van der Waals surface area contributed by atoms with Crippen LogP contribution in [0, 0.1) is 3.70 Å². The van der Waals surface area contributed by atoms with Crippen LogP contribution in [0.2, 0.25) is 0 Å². The van der Waals surface area contributed by atoms with Crippen molar-refractivity contribution in [3.63, 3.8) is 0 Å². The van der Waals surface area contributed by atoms with Gasteiger partial charge in [-0.25, -0.2) is 14.6 Å². The molecule has 1 amide bonds. The number of rotatable bonds is 7. The van der Waals surface area contributed by atoms with E-state index < -0.39 is 0 Å². The second-order valence-corrected chi connectivity index (χ2v) is 13.4. The Morgan fingerprint density at radius 3 is 2.65 bits per heavy atom. The lowest BCUT2D eigenvalue weighted by Crippen LogP contribution is -2.48. The Bertz CT molecular complexity index is 1620. The molecule has 0 bridgehead atoms. The number of hydrogen-bond donors (Lipinski definition) is 2. The average molecular weight is 697 g/mol. The van der Waals surface area contributed by atoms with Crippen molar-refractivity contribution in [2.45, 2.75) is 71.2 Å². The maximum absolute atomic E-state index is 13.3. The summed E-state index contributed by atoms with van der Waals surface area (Å²) in [7, 11) is 0. The van der Waals surface area contributed by atoms with E-state index >= 15 is 0 Å². The largest absolute Gasteiger partial charge is 0.378 e. The highest BCUT2D eigenvalue weighted by atomic mass is 127. The van der Waals surface area contributed by atoms with Gasteiger partial charge < -0.3 is 15.4 Å². The van der Waals surface area contributed by atoms with Crippen LogP contribution in [-0.2, 0) is 16.8 Å². The Hall–Kier alpha value is -3.43. The number of nitrogens with zero attached hydrogens (tertiary/aromatic N) is 8. The van der Waals surface area contributed by atoms with Gasteiger partial charge in [0.1, 0.15) is 3.70 Å². The van der Waals surface area contributed by atoms with Gasteiger partial charge in [-0.15, -0.1) is 5.10 Å². The van der Waals surface area contributed by atoms with Crippen molar-refractivity contribution in [3.8, 4) is 11.3 Å². The predicted octanol–water partition coefficient (Wildman–Crippen LogP) is 4.69. The van der Waals surface area contributed by atoms with Crippen LogP contribution in [0.3, 0.4) is 0 Å². The van der Waals surface area contributed by atoms with Gasteiger partial charge in [0.25, 0.3) is 5.91 Å². The first-order valence-electron chi connectivity index (χ1n) is 14.6. The van der Waals surface area contributed by atoms with Crippen LogP contribution >= 0.6 is 22.6 Å². The summed E-state index contributed by atoms with van der Waals surface area (Å²) in [5.74, 6) is 0.285. The number of anilines is 2. The molecule has 226 valence electrons. The number of aromatic nitrogens is 7. The monoisotopic (exact) mass is 696 g/mol. The van der Waals surface area contributed by atoms with E-state index in [0.29, 0.717) is 17.7 Å². The van der Waals surface area contributed by atoms with E-state index in [0.717, 1.165) is 64.5 Å². The Labute approximate surface area is 264 Å². The first-order chi connectivity index (χ1) is 20.5. The summed E-state index contributed by atoms with van der Waals surface area (Å²) in [5.41, 5.74) is 4.99. The molecule has 2 N–H and O–H groups in total. The topological polar surface area (TPSA) is 128 Å². The van der Waals surface area contributed by atoms with Crippen LogP contribution in [0.5, 0.6) is 0 Å². The molecule has 6 rings (SSSR count).